The van der Waals surface area contributed by atoms with Crippen LogP contribution in [0.2, 0.25) is 0 Å². The summed E-state index contributed by atoms with van der Waals surface area (Å²) < 4.78 is 32.4. The maximum Gasteiger partial charge on any atom is 0.253 e. The second kappa shape index (κ2) is 7.82. The van der Waals surface area contributed by atoms with E-state index in [1.807, 2.05) is 24.3 Å². The third kappa shape index (κ3) is 3.91. The Morgan fingerprint density at radius 2 is 1.81 bits per heavy atom. The Morgan fingerprint density at radius 3 is 2.41 bits per heavy atom. The molecule has 0 spiro atoms. The topological polar surface area (TPSA) is 83.7 Å². The van der Waals surface area contributed by atoms with E-state index in [2.05, 4.69) is 12.1 Å². The molecule has 146 valence electrons. The number of rotatable bonds is 4. The number of carbonyl (C=O) groups excluding carboxylic acids is 1. The first kappa shape index (κ1) is 19.6. The fourth-order valence-corrected chi connectivity index (χ4v) is 5.14. The van der Waals surface area contributed by atoms with Gasteiger partial charge in [0.25, 0.3) is 5.91 Å². The first-order valence-electron chi connectivity index (χ1n) is 9.16. The molecule has 0 N–H and O–H groups in total. The zero-order chi connectivity index (χ0) is 19.6. The Morgan fingerprint density at radius 1 is 1.11 bits per heavy atom. The minimum atomic E-state index is -3.69. The van der Waals surface area contributed by atoms with Crippen LogP contribution in [0.15, 0.2) is 33.7 Å². The maximum atomic E-state index is 13.0. The highest BCUT2D eigenvalue weighted by molar-refractivity contribution is 7.89. The van der Waals surface area contributed by atoms with Gasteiger partial charge in [-0.15, -0.1) is 0 Å². The highest BCUT2D eigenvalue weighted by Crippen LogP contribution is 2.24. The summed E-state index contributed by atoms with van der Waals surface area (Å²) in [5.41, 5.74) is 2.18. The van der Waals surface area contributed by atoms with E-state index in [9.17, 15) is 13.2 Å². The largest absolute Gasteiger partial charge is 0.360 e. The smallest absolute Gasteiger partial charge is 0.253 e. The normalized spacial score (nSPS) is 16.3. The third-order valence-electron chi connectivity index (χ3n) is 4.92. The number of aryl methyl sites for hydroxylation is 3. The lowest BCUT2D eigenvalue weighted by Gasteiger charge is -2.22. The van der Waals surface area contributed by atoms with Crippen LogP contribution < -0.4 is 0 Å². The molecule has 3 rings (SSSR count). The summed E-state index contributed by atoms with van der Waals surface area (Å²) in [4.78, 5) is 14.6. The molecule has 2 aromatic rings. The van der Waals surface area contributed by atoms with Gasteiger partial charge in [-0.1, -0.05) is 24.2 Å². The van der Waals surface area contributed by atoms with Gasteiger partial charge in [-0.3, -0.25) is 4.79 Å². The lowest BCUT2D eigenvalue weighted by atomic mass is 10.1. The number of amides is 1. The standard InChI is InChI=1S/C19H25N3O4S/c1-4-16-6-8-17(9-7-16)19(23)21-10-5-11-22(13-12-21)27(24,25)18-14(2)20-26-15(18)3/h6-9H,4-5,10-13H2,1-3H3. The number of benzene rings is 1. The van der Waals surface area contributed by atoms with Crippen LogP contribution in [0.5, 0.6) is 0 Å². The fraction of sp³-hybridized carbons (Fsp3) is 0.474. The predicted octanol–water partition coefficient (Wildman–Crippen LogP) is 2.39. The number of carbonyl (C=O) groups is 1. The van der Waals surface area contributed by atoms with Crippen molar-refractivity contribution in [2.45, 2.75) is 38.5 Å². The van der Waals surface area contributed by atoms with Gasteiger partial charge >= 0.3 is 0 Å². The molecular weight excluding hydrogens is 366 g/mol. The van der Waals surface area contributed by atoms with E-state index in [-0.39, 0.29) is 17.3 Å². The zero-order valence-corrected chi connectivity index (χ0v) is 16.8. The Balaban J connectivity index is 1.74. The van der Waals surface area contributed by atoms with E-state index in [1.54, 1.807) is 18.7 Å². The van der Waals surface area contributed by atoms with E-state index in [1.165, 1.54) is 9.87 Å². The van der Waals surface area contributed by atoms with Gasteiger partial charge < -0.3 is 9.42 Å². The molecule has 1 aromatic carbocycles. The molecule has 0 radical (unpaired) electrons. The van der Waals surface area contributed by atoms with E-state index in [0.29, 0.717) is 43.1 Å². The van der Waals surface area contributed by atoms with Crippen molar-refractivity contribution in [2.75, 3.05) is 26.2 Å². The van der Waals surface area contributed by atoms with Gasteiger partial charge in [-0.2, -0.15) is 4.31 Å². The van der Waals surface area contributed by atoms with Gasteiger partial charge in [-0.05, 0) is 44.4 Å². The van der Waals surface area contributed by atoms with Crippen molar-refractivity contribution in [3.63, 3.8) is 0 Å². The van der Waals surface area contributed by atoms with Crippen LogP contribution in [0.25, 0.3) is 0 Å². The number of sulfonamides is 1. The second-order valence-electron chi connectivity index (χ2n) is 6.75. The summed E-state index contributed by atoms with van der Waals surface area (Å²) in [6.07, 6.45) is 1.51. The van der Waals surface area contributed by atoms with Crippen molar-refractivity contribution in [3.05, 3.63) is 46.8 Å². The molecule has 0 bridgehead atoms. The van der Waals surface area contributed by atoms with Crippen molar-refractivity contribution in [1.29, 1.82) is 0 Å². The Labute approximate surface area is 160 Å². The summed E-state index contributed by atoms with van der Waals surface area (Å²) >= 11 is 0. The van der Waals surface area contributed by atoms with Crippen molar-refractivity contribution in [1.82, 2.24) is 14.4 Å². The predicted molar refractivity (Wildman–Crippen MR) is 101 cm³/mol. The van der Waals surface area contributed by atoms with Crippen molar-refractivity contribution < 1.29 is 17.7 Å². The molecule has 1 saturated heterocycles. The van der Waals surface area contributed by atoms with Gasteiger partial charge in [-0.25, -0.2) is 8.42 Å². The lowest BCUT2D eigenvalue weighted by molar-refractivity contribution is 0.0764. The quantitative estimate of drug-likeness (QED) is 0.799. The molecule has 8 heteroatoms. The van der Waals surface area contributed by atoms with Crippen molar-refractivity contribution >= 4 is 15.9 Å². The summed E-state index contributed by atoms with van der Waals surface area (Å²) in [5.74, 6) is 0.231. The average Bonchev–Trinajstić information content (AvgIpc) is 2.87. The molecule has 1 amide bonds. The molecule has 0 aliphatic carbocycles. The van der Waals surface area contributed by atoms with Crippen LogP contribution in [0.4, 0.5) is 0 Å². The van der Waals surface area contributed by atoms with E-state index in [0.717, 1.165) is 6.42 Å². The number of aromatic nitrogens is 1. The molecule has 1 aliphatic heterocycles. The summed E-state index contributed by atoms with van der Waals surface area (Å²) in [6, 6.07) is 7.59. The Bertz CT molecular complexity index is 899. The molecule has 1 aliphatic rings. The number of hydrogen-bond donors (Lipinski definition) is 0. The molecule has 1 fully saturated rings. The van der Waals surface area contributed by atoms with Crippen LogP contribution in [0.3, 0.4) is 0 Å². The van der Waals surface area contributed by atoms with Crippen LogP contribution >= 0.6 is 0 Å². The van der Waals surface area contributed by atoms with Crippen molar-refractivity contribution in [3.8, 4) is 0 Å². The van der Waals surface area contributed by atoms with Gasteiger partial charge in [0.05, 0.1) is 0 Å². The lowest BCUT2D eigenvalue weighted by Crippen LogP contribution is -2.37. The van der Waals surface area contributed by atoms with Gasteiger partial charge in [0.1, 0.15) is 10.6 Å². The Hall–Kier alpha value is -2.19. The minimum Gasteiger partial charge on any atom is -0.360 e. The van der Waals surface area contributed by atoms with Crippen LogP contribution in [0.1, 0.15) is 40.7 Å². The SMILES string of the molecule is CCc1ccc(C(=O)N2CCCN(S(=O)(=O)c3c(C)noc3C)CC2)cc1. The molecular formula is C19H25N3O4S. The molecule has 1 aromatic heterocycles. The van der Waals surface area contributed by atoms with Gasteiger partial charge in [0.15, 0.2) is 5.76 Å². The van der Waals surface area contributed by atoms with E-state index < -0.39 is 10.0 Å². The molecule has 2 heterocycles. The molecule has 0 saturated carbocycles. The zero-order valence-electron chi connectivity index (χ0n) is 15.9. The fourth-order valence-electron chi connectivity index (χ4n) is 3.37. The average molecular weight is 391 g/mol. The summed E-state index contributed by atoms with van der Waals surface area (Å²) in [7, 11) is -3.69. The highest BCUT2D eigenvalue weighted by Gasteiger charge is 2.33. The van der Waals surface area contributed by atoms with E-state index in [4.69, 9.17) is 4.52 Å². The minimum absolute atomic E-state index is 0.0609. The molecule has 0 unspecified atom stereocenters. The monoisotopic (exact) mass is 391 g/mol. The summed E-state index contributed by atoms with van der Waals surface area (Å²) in [6.45, 7) is 6.80. The van der Waals surface area contributed by atoms with Gasteiger partial charge in [0, 0.05) is 31.7 Å². The molecule has 0 atom stereocenters. The molecule has 27 heavy (non-hydrogen) atoms. The maximum absolute atomic E-state index is 13.0. The van der Waals surface area contributed by atoms with Crippen molar-refractivity contribution in [2.24, 2.45) is 0 Å². The van der Waals surface area contributed by atoms with Gasteiger partial charge in [0.2, 0.25) is 10.0 Å². The third-order valence-corrected chi connectivity index (χ3v) is 7.06. The van der Waals surface area contributed by atoms with Crippen LogP contribution in [-0.2, 0) is 16.4 Å². The highest BCUT2D eigenvalue weighted by atomic mass is 32.2. The number of nitrogens with zero attached hydrogens (tertiary/aromatic N) is 3. The first-order valence-corrected chi connectivity index (χ1v) is 10.6. The molecule has 7 nitrogen and oxygen atoms in total. The first-order chi connectivity index (χ1) is 12.8. The Kier molecular flexibility index (Phi) is 5.67. The number of hydrogen-bond acceptors (Lipinski definition) is 5. The second-order valence-corrected chi connectivity index (χ2v) is 8.63. The van der Waals surface area contributed by atoms with Crippen LogP contribution in [0, 0.1) is 13.8 Å². The van der Waals surface area contributed by atoms with Crippen LogP contribution in [-0.4, -0.2) is 54.9 Å². The summed E-state index contributed by atoms with van der Waals surface area (Å²) in [5, 5.41) is 3.75. The van der Waals surface area contributed by atoms with E-state index >= 15 is 0 Å².